The van der Waals surface area contributed by atoms with Crippen molar-refractivity contribution < 1.29 is 10.0 Å². The van der Waals surface area contributed by atoms with Crippen LogP contribution in [-0.4, -0.2) is 23.8 Å². The van der Waals surface area contributed by atoms with E-state index in [1.165, 1.54) is 6.08 Å². The molecule has 0 aromatic carbocycles. The molecule has 0 bridgehead atoms. The van der Waals surface area contributed by atoms with Gasteiger partial charge in [0.2, 0.25) is 5.82 Å². The molecule has 74 valence electrons. The molecule has 0 spiro atoms. The molecule has 1 heterocycles. The van der Waals surface area contributed by atoms with Crippen molar-refractivity contribution >= 4 is 5.84 Å². The maximum atomic E-state index is 11.2. The van der Waals surface area contributed by atoms with Gasteiger partial charge in [0.05, 0.1) is 6.54 Å². The average molecular weight is 186 g/mol. The van der Waals surface area contributed by atoms with Crippen molar-refractivity contribution in [2.45, 2.75) is 13.8 Å². The minimum atomic E-state index is -0.530. The van der Waals surface area contributed by atoms with Crippen LogP contribution in [0.4, 0.5) is 0 Å². The Morgan fingerprint density at radius 2 is 2.00 bits per heavy atom. The van der Waals surface area contributed by atoms with Gasteiger partial charge < -0.3 is 15.7 Å². The molecule has 0 amide bonds. The van der Waals surface area contributed by atoms with Crippen LogP contribution in [-0.2, 0) is 0 Å². The Balaban J connectivity index is 2.70. The van der Waals surface area contributed by atoms with E-state index in [9.17, 15) is 10.4 Å². The first-order valence-electron chi connectivity index (χ1n) is 4.28. The molecule has 6 heteroatoms. The normalized spacial score (nSPS) is 21.8. The molecule has 3 N–H and O–H groups in total. The van der Waals surface area contributed by atoms with Crippen LogP contribution in [0.1, 0.15) is 13.8 Å². The molecular weight excluding hydrogens is 172 g/mol. The number of hydroxylamine groups is 1. The van der Waals surface area contributed by atoms with E-state index >= 15 is 0 Å². The molecule has 0 saturated carbocycles. The van der Waals surface area contributed by atoms with Gasteiger partial charge in [0, 0.05) is 6.54 Å². The summed E-state index contributed by atoms with van der Waals surface area (Å²) in [6.07, 6.45) is 1.53. The minimum absolute atomic E-state index is 0.309. The van der Waals surface area contributed by atoms with Gasteiger partial charge in [-0.05, 0) is 13.8 Å². The van der Waals surface area contributed by atoms with Crippen LogP contribution in [0.5, 0.6) is 0 Å². The second-order valence-corrected chi connectivity index (χ2v) is 2.60. The third-order valence-electron chi connectivity index (χ3n) is 1.64. The van der Waals surface area contributed by atoms with Crippen molar-refractivity contribution in [3.05, 3.63) is 22.3 Å². The summed E-state index contributed by atoms with van der Waals surface area (Å²) in [5.74, 6) is 0.664. The zero-order chi connectivity index (χ0) is 9.84. The Labute approximate surface area is 76.7 Å². The second kappa shape index (κ2) is 4.11. The van der Waals surface area contributed by atoms with E-state index in [-0.39, 0.29) is 0 Å². The molecule has 1 unspecified atom stereocenters. The molecule has 1 aliphatic rings. The van der Waals surface area contributed by atoms with Crippen molar-refractivity contribution in [2.24, 2.45) is 0 Å². The smallest absolute Gasteiger partial charge is 0.333 e. The fraction of sp³-hybridized carbons (Fsp3) is 0.571. The van der Waals surface area contributed by atoms with Gasteiger partial charge in [-0.1, -0.05) is 4.85 Å². The SMILES string of the molecule is CCNC1=CC(NCC)=[N+]([O-])[NH+]1[O-]. The maximum Gasteiger partial charge on any atom is 0.333 e. The van der Waals surface area contributed by atoms with Crippen molar-refractivity contribution in [1.29, 1.82) is 0 Å². The molecule has 0 saturated heterocycles. The summed E-state index contributed by atoms with van der Waals surface area (Å²) in [6, 6.07) is 0. The van der Waals surface area contributed by atoms with Crippen LogP contribution < -0.4 is 15.8 Å². The first kappa shape index (κ1) is 9.82. The van der Waals surface area contributed by atoms with Crippen LogP contribution in [0.25, 0.3) is 0 Å². The number of quaternary nitrogens is 1. The van der Waals surface area contributed by atoms with Crippen molar-refractivity contribution in [3.63, 3.8) is 0 Å². The monoisotopic (exact) mass is 186 g/mol. The largest absolute Gasteiger partial charge is 0.666 e. The average Bonchev–Trinajstić information content (AvgIpc) is 2.36. The molecule has 0 aromatic heterocycles. The highest BCUT2D eigenvalue weighted by atomic mass is 16.7. The molecule has 0 fully saturated rings. The molecular formula is C7H14N4O2. The molecule has 0 aromatic rings. The van der Waals surface area contributed by atoms with E-state index in [1.807, 2.05) is 13.8 Å². The molecule has 0 aliphatic carbocycles. The van der Waals surface area contributed by atoms with Gasteiger partial charge in [0.25, 0.3) is 0 Å². The van der Waals surface area contributed by atoms with Crippen LogP contribution in [0.2, 0.25) is 0 Å². The van der Waals surface area contributed by atoms with Gasteiger partial charge in [-0.15, -0.1) is 5.17 Å². The second-order valence-electron chi connectivity index (χ2n) is 2.60. The Morgan fingerprint density at radius 1 is 1.38 bits per heavy atom. The predicted octanol–water partition coefficient (Wildman–Crippen LogP) is -1.73. The molecule has 1 aliphatic heterocycles. The first-order valence-corrected chi connectivity index (χ1v) is 4.28. The predicted molar refractivity (Wildman–Crippen MR) is 48.4 cm³/mol. The number of hydrogen-bond donors (Lipinski definition) is 3. The third kappa shape index (κ3) is 1.90. The number of hydrogen-bond acceptors (Lipinski definition) is 4. The van der Waals surface area contributed by atoms with E-state index in [0.29, 0.717) is 29.6 Å². The van der Waals surface area contributed by atoms with E-state index in [0.717, 1.165) is 0 Å². The van der Waals surface area contributed by atoms with Crippen molar-refractivity contribution in [1.82, 2.24) is 10.6 Å². The molecule has 0 radical (unpaired) electrons. The van der Waals surface area contributed by atoms with Crippen LogP contribution in [0.3, 0.4) is 0 Å². The summed E-state index contributed by atoms with van der Waals surface area (Å²) in [4.78, 5) is 0.363. The summed E-state index contributed by atoms with van der Waals surface area (Å²) >= 11 is 0. The zero-order valence-corrected chi connectivity index (χ0v) is 7.76. The van der Waals surface area contributed by atoms with E-state index in [1.54, 1.807) is 0 Å². The standard InChI is InChI=1S/C7H14N4O2/c1-3-8-6-5-7(9-4-2)11(13)10(6)12/h5,8-10H,3-4H2,1-2H3. The molecule has 1 atom stereocenters. The van der Waals surface area contributed by atoms with Crippen molar-refractivity contribution in [3.8, 4) is 0 Å². The minimum Gasteiger partial charge on any atom is -0.666 e. The van der Waals surface area contributed by atoms with Gasteiger partial charge in [-0.25, -0.2) is 0 Å². The number of rotatable bonds is 3. The Hall–Kier alpha value is -1.27. The number of nitrogens with one attached hydrogen (secondary N) is 3. The Kier molecular flexibility index (Phi) is 3.10. The number of amidine groups is 1. The molecule has 13 heavy (non-hydrogen) atoms. The summed E-state index contributed by atoms with van der Waals surface area (Å²) in [7, 11) is 0. The fourth-order valence-corrected chi connectivity index (χ4v) is 1.10. The van der Waals surface area contributed by atoms with Gasteiger partial charge in [0.15, 0.2) is 0 Å². The van der Waals surface area contributed by atoms with E-state index < -0.39 is 5.17 Å². The summed E-state index contributed by atoms with van der Waals surface area (Å²) in [6.45, 7) is 4.99. The molecule has 6 nitrogen and oxygen atoms in total. The maximum absolute atomic E-state index is 11.2. The van der Waals surface area contributed by atoms with Crippen molar-refractivity contribution in [2.75, 3.05) is 13.1 Å². The summed E-state index contributed by atoms with van der Waals surface area (Å²) in [5.41, 5.74) is 0. The fourth-order valence-electron chi connectivity index (χ4n) is 1.10. The lowest BCUT2D eigenvalue weighted by Gasteiger charge is -2.20. The Morgan fingerprint density at radius 3 is 2.54 bits per heavy atom. The quantitative estimate of drug-likeness (QED) is 0.361. The Bertz CT molecular complexity index is 249. The van der Waals surface area contributed by atoms with Gasteiger partial charge in [-0.3, -0.25) is 5.32 Å². The molecule has 1 rings (SSSR count). The van der Waals surface area contributed by atoms with E-state index in [4.69, 9.17) is 0 Å². The lowest BCUT2D eigenvalue weighted by atomic mass is 10.5. The zero-order valence-electron chi connectivity index (χ0n) is 7.76. The first-order chi connectivity index (χ1) is 6.20. The highest BCUT2D eigenvalue weighted by Gasteiger charge is 2.24. The van der Waals surface area contributed by atoms with Crippen LogP contribution in [0.15, 0.2) is 11.9 Å². The highest BCUT2D eigenvalue weighted by Crippen LogP contribution is 1.87. The highest BCUT2D eigenvalue weighted by molar-refractivity contribution is 5.89. The van der Waals surface area contributed by atoms with Crippen LogP contribution in [0, 0.1) is 10.4 Å². The summed E-state index contributed by atoms with van der Waals surface area (Å²) < 4.78 is 0. The lowest BCUT2D eigenvalue weighted by Crippen LogP contribution is -3.09. The van der Waals surface area contributed by atoms with Crippen LogP contribution >= 0.6 is 0 Å². The summed E-state index contributed by atoms with van der Waals surface area (Å²) in [5, 5.41) is 27.5. The topological polar surface area (TPSA) is 77.6 Å². The van der Waals surface area contributed by atoms with Gasteiger partial charge in [-0.2, -0.15) is 0 Å². The number of likely N-dealkylation sites (N-methyl/N-ethyl adjacent to an activating group) is 1. The van der Waals surface area contributed by atoms with E-state index in [2.05, 4.69) is 10.6 Å². The number of nitrogens with zero attached hydrogens (tertiary/aromatic N) is 1. The van der Waals surface area contributed by atoms with Gasteiger partial charge in [0.1, 0.15) is 6.08 Å². The third-order valence-corrected chi connectivity index (χ3v) is 1.64. The van der Waals surface area contributed by atoms with Gasteiger partial charge >= 0.3 is 5.84 Å². The lowest BCUT2D eigenvalue weighted by molar-refractivity contribution is -1.26.